The molecule has 0 fully saturated rings. The molecule has 1 heterocycles. The van der Waals surface area contributed by atoms with E-state index in [9.17, 15) is 4.79 Å². The van der Waals surface area contributed by atoms with Gasteiger partial charge in [0.2, 0.25) is 0 Å². The summed E-state index contributed by atoms with van der Waals surface area (Å²) in [4.78, 5) is 12.2. The molecule has 2 aromatic carbocycles. The smallest absolute Gasteiger partial charge is 0.319 e. The second-order valence-electron chi connectivity index (χ2n) is 6.09. The second kappa shape index (κ2) is 7.66. The van der Waals surface area contributed by atoms with Crippen LogP contribution < -0.4 is 20.1 Å². The summed E-state index contributed by atoms with van der Waals surface area (Å²) in [5.41, 5.74) is 2.95. The Morgan fingerprint density at radius 2 is 2.16 bits per heavy atom. The topological polar surface area (TPSA) is 59.6 Å². The zero-order chi connectivity index (χ0) is 17.8. The number of hydrogen-bond acceptors (Lipinski definition) is 3. The molecular formula is C19H21ClN2O3. The van der Waals surface area contributed by atoms with Crippen molar-refractivity contribution in [2.24, 2.45) is 0 Å². The molecule has 2 amide bonds. The van der Waals surface area contributed by atoms with Gasteiger partial charge in [0.15, 0.2) is 0 Å². The lowest BCUT2D eigenvalue weighted by Crippen LogP contribution is -2.37. The number of hydrogen-bond donors (Lipinski definition) is 2. The number of halogens is 1. The van der Waals surface area contributed by atoms with Gasteiger partial charge >= 0.3 is 6.03 Å². The van der Waals surface area contributed by atoms with Crippen LogP contribution in [-0.2, 0) is 12.8 Å². The lowest BCUT2D eigenvalue weighted by molar-refractivity contribution is 0.249. The first-order valence-corrected chi connectivity index (χ1v) is 8.58. The van der Waals surface area contributed by atoms with E-state index < -0.39 is 0 Å². The first-order valence-electron chi connectivity index (χ1n) is 8.21. The Morgan fingerprint density at radius 1 is 1.32 bits per heavy atom. The first-order chi connectivity index (χ1) is 12.0. The normalized spacial score (nSPS) is 13.6. The van der Waals surface area contributed by atoms with Crippen LogP contribution in [0.3, 0.4) is 0 Å². The molecular weight excluding hydrogens is 340 g/mol. The van der Waals surface area contributed by atoms with Crippen molar-refractivity contribution in [1.29, 1.82) is 0 Å². The van der Waals surface area contributed by atoms with Gasteiger partial charge in [-0.3, -0.25) is 0 Å². The lowest BCUT2D eigenvalue weighted by atomic mass is 10.0. The van der Waals surface area contributed by atoms with Gasteiger partial charge < -0.3 is 20.1 Å². The Morgan fingerprint density at radius 3 is 2.96 bits per heavy atom. The number of carbonyl (C=O) groups is 1. The number of carbonyl (C=O) groups excluding carboxylic acids is 1. The number of amides is 2. The van der Waals surface area contributed by atoms with Crippen molar-refractivity contribution in [2.45, 2.75) is 25.8 Å². The number of benzene rings is 2. The van der Waals surface area contributed by atoms with Gasteiger partial charge in [-0.1, -0.05) is 23.7 Å². The standard InChI is InChI=1S/C19H21ClN2O3/c1-12(9-13-3-5-17-14(10-13)7-8-25-17)21-19(23)22-16-11-15(20)4-6-18(16)24-2/h3-6,10-12H,7-9H2,1-2H3,(H2,21,22,23). The van der Waals surface area contributed by atoms with Gasteiger partial charge in [-0.25, -0.2) is 4.79 Å². The fourth-order valence-corrected chi connectivity index (χ4v) is 3.10. The van der Waals surface area contributed by atoms with E-state index in [1.165, 1.54) is 11.1 Å². The molecule has 1 aliphatic rings. The van der Waals surface area contributed by atoms with E-state index in [1.54, 1.807) is 25.3 Å². The Bertz CT molecular complexity index is 779. The maximum absolute atomic E-state index is 12.2. The number of rotatable bonds is 5. The summed E-state index contributed by atoms with van der Waals surface area (Å²) < 4.78 is 10.7. The highest BCUT2D eigenvalue weighted by atomic mass is 35.5. The molecule has 132 valence electrons. The number of urea groups is 1. The van der Waals surface area contributed by atoms with Crippen LogP contribution in [0.2, 0.25) is 5.02 Å². The highest BCUT2D eigenvalue weighted by Gasteiger charge is 2.15. The first kappa shape index (κ1) is 17.4. The van der Waals surface area contributed by atoms with Gasteiger partial charge in [0.1, 0.15) is 11.5 Å². The monoisotopic (exact) mass is 360 g/mol. The van der Waals surface area contributed by atoms with Gasteiger partial charge in [-0.05, 0) is 48.7 Å². The number of methoxy groups -OCH3 is 1. The molecule has 6 heteroatoms. The Labute approximate surface area is 152 Å². The van der Waals surface area contributed by atoms with E-state index in [0.717, 1.165) is 25.2 Å². The summed E-state index contributed by atoms with van der Waals surface area (Å²) in [5.74, 6) is 1.53. The molecule has 25 heavy (non-hydrogen) atoms. The Kier molecular flexibility index (Phi) is 5.34. The second-order valence-corrected chi connectivity index (χ2v) is 6.53. The molecule has 0 saturated heterocycles. The van der Waals surface area contributed by atoms with Crippen molar-refractivity contribution in [2.75, 3.05) is 19.0 Å². The summed E-state index contributed by atoms with van der Waals surface area (Å²) in [5, 5.41) is 6.25. The minimum atomic E-state index is -0.294. The van der Waals surface area contributed by atoms with Crippen molar-refractivity contribution in [3.8, 4) is 11.5 Å². The molecule has 5 nitrogen and oxygen atoms in total. The SMILES string of the molecule is COc1ccc(Cl)cc1NC(=O)NC(C)Cc1ccc2c(c1)CCO2. The van der Waals surface area contributed by atoms with Gasteiger partial charge in [0.05, 0.1) is 19.4 Å². The van der Waals surface area contributed by atoms with Crippen LogP contribution in [0, 0.1) is 0 Å². The van der Waals surface area contributed by atoms with Crippen LogP contribution in [-0.4, -0.2) is 25.8 Å². The molecule has 0 radical (unpaired) electrons. The molecule has 2 N–H and O–H groups in total. The summed E-state index contributed by atoms with van der Waals surface area (Å²) in [7, 11) is 1.55. The molecule has 0 aliphatic carbocycles. The number of ether oxygens (including phenoxy) is 2. The van der Waals surface area contributed by atoms with Gasteiger partial charge in [0.25, 0.3) is 0 Å². The quantitative estimate of drug-likeness (QED) is 0.846. The highest BCUT2D eigenvalue weighted by Crippen LogP contribution is 2.28. The van der Waals surface area contributed by atoms with Crippen molar-refractivity contribution in [3.63, 3.8) is 0 Å². The van der Waals surface area contributed by atoms with E-state index in [1.807, 2.05) is 19.1 Å². The van der Waals surface area contributed by atoms with Gasteiger partial charge in [0, 0.05) is 17.5 Å². The van der Waals surface area contributed by atoms with Crippen molar-refractivity contribution in [3.05, 3.63) is 52.5 Å². The van der Waals surface area contributed by atoms with E-state index in [2.05, 4.69) is 16.7 Å². The predicted octanol–water partition coefficient (Wildman–Crippen LogP) is 4.04. The van der Waals surface area contributed by atoms with Gasteiger partial charge in [-0.15, -0.1) is 0 Å². The summed E-state index contributed by atoms with van der Waals surface area (Å²) >= 11 is 5.98. The number of nitrogens with one attached hydrogen (secondary N) is 2. The molecule has 0 saturated carbocycles. The molecule has 0 aromatic heterocycles. The molecule has 3 rings (SSSR count). The fourth-order valence-electron chi connectivity index (χ4n) is 2.93. The minimum Gasteiger partial charge on any atom is -0.495 e. The van der Waals surface area contributed by atoms with Crippen molar-refractivity contribution < 1.29 is 14.3 Å². The molecule has 2 aromatic rings. The minimum absolute atomic E-state index is 0.0226. The Hall–Kier alpha value is -2.40. The van der Waals surface area contributed by atoms with Crippen molar-refractivity contribution in [1.82, 2.24) is 5.32 Å². The lowest BCUT2D eigenvalue weighted by Gasteiger charge is -2.16. The number of anilines is 1. The third-order valence-corrected chi connectivity index (χ3v) is 4.32. The molecule has 0 spiro atoms. The maximum Gasteiger partial charge on any atom is 0.319 e. The van der Waals surface area contributed by atoms with Crippen LogP contribution in [0.1, 0.15) is 18.1 Å². The Balaban J connectivity index is 1.58. The number of fused-ring (bicyclic) bond motifs is 1. The van der Waals surface area contributed by atoms with E-state index in [4.69, 9.17) is 21.1 Å². The summed E-state index contributed by atoms with van der Waals surface area (Å²) in [6, 6.07) is 11.0. The highest BCUT2D eigenvalue weighted by molar-refractivity contribution is 6.31. The third kappa shape index (κ3) is 4.37. The largest absolute Gasteiger partial charge is 0.495 e. The zero-order valence-corrected chi connectivity index (χ0v) is 15.0. The molecule has 1 atom stereocenters. The van der Waals surface area contributed by atoms with Crippen molar-refractivity contribution >= 4 is 23.3 Å². The third-order valence-electron chi connectivity index (χ3n) is 4.08. The maximum atomic E-state index is 12.2. The van der Waals surface area contributed by atoms with Crippen LogP contribution in [0.15, 0.2) is 36.4 Å². The summed E-state index contributed by atoms with van der Waals surface area (Å²) in [6.45, 7) is 2.72. The van der Waals surface area contributed by atoms with Gasteiger partial charge in [-0.2, -0.15) is 0 Å². The van der Waals surface area contributed by atoms with Crippen LogP contribution in [0.5, 0.6) is 11.5 Å². The van der Waals surface area contributed by atoms with Crippen LogP contribution in [0.4, 0.5) is 10.5 Å². The molecule has 1 unspecified atom stereocenters. The molecule has 0 bridgehead atoms. The summed E-state index contributed by atoms with van der Waals surface area (Å²) in [6.07, 6.45) is 1.69. The van der Waals surface area contributed by atoms with E-state index >= 15 is 0 Å². The fraction of sp³-hybridized carbons (Fsp3) is 0.316. The van der Waals surface area contributed by atoms with Crippen LogP contribution in [0.25, 0.3) is 0 Å². The predicted molar refractivity (Wildman–Crippen MR) is 99.0 cm³/mol. The van der Waals surface area contributed by atoms with Crippen LogP contribution >= 0.6 is 11.6 Å². The average molecular weight is 361 g/mol. The average Bonchev–Trinajstić information content (AvgIpc) is 3.02. The zero-order valence-electron chi connectivity index (χ0n) is 14.3. The van der Waals surface area contributed by atoms with E-state index in [0.29, 0.717) is 16.5 Å². The van der Waals surface area contributed by atoms with E-state index in [-0.39, 0.29) is 12.1 Å². The molecule has 1 aliphatic heterocycles.